The van der Waals surface area contributed by atoms with E-state index in [1.165, 1.54) is 18.4 Å². The Balaban J connectivity index is 2.01. The van der Waals surface area contributed by atoms with Crippen molar-refractivity contribution in [2.75, 3.05) is 17.9 Å². The molecule has 0 spiro atoms. The predicted octanol–water partition coefficient (Wildman–Crippen LogP) is 4.51. The second-order valence-corrected chi connectivity index (χ2v) is 7.92. The van der Waals surface area contributed by atoms with Crippen LogP contribution < -0.4 is 15.0 Å². The van der Waals surface area contributed by atoms with Gasteiger partial charge in [-0.05, 0) is 37.1 Å². The number of alkyl halides is 1. The largest absolute Gasteiger partial charge is 0.495 e. The molecule has 1 saturated carbocycles. The van der Waals surface area contributed by atoms with E-state index >= 15 is 0 Å². The first-order valence-corrected chi connectivity index (χ1v) is 10.9. The fourth-order valence-electron chi connectivity index (χ4n) is 3.79. The molecule has 0 radical (unpaired) electrons. The highest BCUT2D eigenvalue weighted by Gasteiger charge is 2.34. The van der Waals surface area contributed by atoms with Crippen molar-refractivity contribution in [2.45, 2.75) is 44.2 Å². The Bertz CT molecular complexity index is 873. The third-order valence-electron chi connectivity index (χ3n) is 5.25. The van der Waals surface area contributed by atoms with Crippen LogP contribution in [0.15, 0.2) is 42.7 Å². The smallest absolute Gasteiger partial charge is 0.248 e. The van der Waals surface area contributed by atoms with Crippen LogP contribution in [0.25, 0.3) is 0 Å². The van der Waals surface area contributed by atoms with E-state index in [9.17, 15) is 9.59 Å². The highest BCUT2D eigenvalue weighted by molar-refractivity contribution is 6.33. The molecule has 8 heteroatoms. The lowest BCUT2D eigenvalue weighted by atomic mass is 9.94. The average Bonchev–Trinajstić information content (AvgIpc) is 2.78. The third-order valence-corrected chi connectivity index (χ3v) is 5.78. The maximum absolute atomic E-state index is 13.4. The number of anilines is 1. The first kappa shape index (κ1) is 22.4. The molecule has 1 atom stereocenters. The van der Waals surface area contributed by atoms with E-state index in [-0.39, 0.29) is 17.8 Å². The van der Waals surface area contributed by atoms with Crippen LogP contribution in [-0.4, -0.2) is 35.8 Å². The molecule has 1 aromatic carbocycles. The number of methoxy groups -OCH3 is 1. The van der Waals surface area contributed by atoms with E-state index in [4.69, 9.17) is 27.9 Å². The number of carbonyl (C=O) groups is 2. The highest BCUT2D eigenvalue weighted by Crippen LogP contribution is 2.34. The number of pyridine rings is 1. The van der Waals surface area contributed by atoms with Gasteiger partial charge in [-0.3, -0.25) is 19.5 Å². The molecule has 1 N–H and O–H groups in total. The number of nitrogens with one attached hydrogen (secondary N) is 1. The van der Waals surface area contributed by atoms with Gasteiger partial charge in [0.25, 0.3) is 0 Å². The number of aromatic nitrogens is 1. The monoisotopic (exact) mass is 449 g/mol. The van der Waals surface area contributed by atoms with Gasteiger partial charge in [0.15, 0.2) is 0 Å². The summed E-state index contributed by atoms with van der Waals surface area (Å²) in [5.41, 5.74) is 1.05. The van der Waals surface area contributed by atoms with Crippen LogP contribution in [0.4, 0.5) is 5.69 Å². The summed E-state index contributed by atoms with van der Waals surface area (Å²) in [6.45, 7) is 0. The van der Waals surface area contributed by atoms with Gasteiger partial charge in [0.05, 0.1) is 12.1 Å². The van der Waals surface area contributed by atoms with Gasteiger partial charge in [-0.15, -0.1) is 11.6 Å². The van der Waals surface area contributed by atoms with Crippen LogP contribution in [0.3, 0.4) is 0 Å². The maximum Gasteiger partial charge on any atom is 0.248 e. The van der Waals surface area contributed by atoms with E-state index in [2.05, 4.69) is 10.3 Å². The number of halogens is 2. The molecule has 0 aliphatic heterocycles. The van der Waals surface area contributed by atoms with Gasteiger partial charge in [-0.2, -0.15) is 0 Å². The van der Waals surface area contributed by atoms with Crippen LogP contribution >= 0.6 is 23.2 Å². The fourth-order valence-corrected chi connectivity index (χ4v) is 4.17. The molecule has 3 rings (SSSR count). The molecule has 1 fully saturated rings. The van der Waals surface area contributed by atoms with E-state index in [0.29, 0.717) is 22.0 Å². The van der Waals surface area contributed by atoms with Crippen LogP contribution in [0, 0.1) is 0 Å². The number of nitrogens with zero attached hydrogens (tertiary/aromatic N) is 2. The molecule has 160 valence electrons. The Morgan fingerprint density at radius 1 is 1.27 bits per heavy atom. The zero-order valence-electron chi connectivity index (χ0n) is 16.8. The summed E-state index contributed by atoms with van der Waals surface area (Å²) in [4.78, 5) is 31.9. The van der Waals surface area contributed by atoms with Crippen molar-refractivity contribution in [3.8, 4) is 5.75 Å². The molecule has 1 aliphatic carbocycles. The first-order chi connectivity index (χ1) is 14.5. The summed E-state index contributed by atoms with van der Waals surface area (Å²) in [5.74, 6) is -0.481. The molecule has 2 amide bonds. The first-order valence-electron chi connectivity index (χ1n) is 9.97. The molecule has 1 aromatic heterocycles. The number of carbonyl (C=O) groups excluding carboxylic acids is 2. The van der Waals surface area contributed by atoms with Crippen molar-refractivity contribution in [2.24, 2.45) is 0 Å². The lowest BCUT2D eigenvalue weighted by molar-refractivity contribution is -0.126. The average molecular weight is 450 g/mol. The van der Waals surface area contributed by atoms with Crippen molar-refractivity contribution in [1.82, 2.24) is 10.3 Å². The molecular formula is C22H25Cl2N3O3. The van der Waals surface area contributed by atoms with Crippen LogP contribution in [0.1, 0.15) is 43.7 Å². The lowest BCUT2D eigenvalue weighted by Gasteiger charge is -2.33. The Morgan fingerprint density at radius 3 is 2.63 bits per heavy atom. The van der Waals surface area contributed by atoms with Gasteiger partial charge >= 0.3 is 0 Å². The second-order valence-electron chi connectivity index (χ2n) is 7.25. The zero-order chi connectivity index (χ0) is 21.5. The predicted molar refractivity (Wildman–Crippen MR) is 118 cm³/mol. The quantitative estimate of drug-likeness (QED) is 0.631. The minimum atomic E-state index is -0.920. The molecule has 6 nitrogen and oxygen atoms in total. The standard InChI is InChI=1S/C22H25Cl2N3O3/c1-30-19-10-9-17(12-18(19)24)27(20(28)13-23)21(15-6-5-11-25-14-15)22(29)26-16-7-3-2-4-8-16/h5-6,9-12,14,16,21H,2-4,7-8,13H2,1H3,(H,26,29). The van der Waals surface area contributed by atoms with Crippen LogP contribution in [0.2, 0.25) is 5.02 Å². The molecule has 1 aliphatic rings. The Hall–Kier alpha value is -2.31. The number of hydrogen-bond donors (Lipinski definition) is 1. The van der Waals surface area contributed by atoms with E-state index < -0.39 is 11.9 Å². The minimum Gasteiger partial charge on any atom is -0.495 e. The van der Waals surface area contributed by atoms with E-state index in [1.54, 1.807) is 42.7 Å². The molecule has 2 aromatic rings. The molecule has 1 unspecified atom stereocenters. The van der Waals surface area contributed by atoms with Gasteiger partial charge in [-0.1, -0.05) is 36.9 Å². The second kappa shape index (κ2) is 10.6. The van der Waals surface area contributed by atoms with Gasteiger partial charge < -0.3 is 10.1 Å². The summed E-state index contributed by atoms with van der Waals surface area (Å²) >= 11 is 12.2. The van der Waals surface area contributed by atoms with Crippen molar-refractivity contribution in [3.05, 3.63) is 53.3 Å². The van der Waals surface area contributed by atoms with Crippen molar-refractivity contribution < 1.29 is 14.3 Å². The zero-order valence-corrected chi connectivity index (χ0v) is 18.3. The van der Waals surface area contributed by atoms with Crippen molar-refractivity contribution in [3.63, 3.8) is 0 Å². The summed E-state index contributed by atoms with van der Waals surface area (Å²) in [7, 11) is 1.51. The summed E-state index contributed by atoms with van der Waals surface area (Å²) in [6, 6.07) is 7.63. The van der Waals surface area contributed by atoms with Crippen molar-refractivity contribution >= 4 is 40.7 Å². The number of rotatable bonds is 7. The van der Waals surface area contributed by atoms with E-state index in [0.717, 1.165) is 25.7 Å². The Kier molecular flexibility index (Phi) is 7.94. The minimum absolute atomic E-state index is 0.0952. The normalized spacial score (nSPS) is 15.3. The Morgan fingerprint density at radius 2 is 2.03 bits per heavy atom. The van der Waals surface area contributed by atoms with E-state index in [1.807, 2.05) is 0 Å². The number of ether oxygens (including phenoxy) is 1. The van der Waals surface area contributed by atoms with Gasteiger partial charge in [-0.25, -0.2) is 0 Å². The number of amides is 2. The maximum atomic E-state index is 13.4. The van der Waals surface area contributed by atoms with Crippen LogP contribution in [-0.2, 0) is 9.59 Å². The molecule has 1 heterocycles. The van der Waals surface area contributed by atoms with Gasteiger partial charge in [0.1, 0.15) is 17.7 Å². The summed E-state index contributed by atoms with van der Waals surface area (Å²) in [6.07, 6.45) is 8.43. The Labute approximate surface area is 186 Å². The fraction of sp³-hybridized carbons (Fsp3) is 0.409. The molecule has 0 bridgehead atoms. The summed E-state index contributed by atoms with van der Waals surface area (Å²) in [5, 5.41) is 3.46. The summed E-state index contributed by atoms with van der Waals surface area (Å²) < 4.78 is 5.21. The van der Waals surface area contributed by atoms with Crippen LogP contribution in [0.5, 0.6) is 5.75 Å². The SMILES string of the molecule is COc1ccc(N(C(=O)CCl)C(C(=O)NC2CCCCC2)c2cccnc2)cc1Cl. The molecular weight excluding hydrogens is 425 g/mol. The topological polar surface area (TPSA) is 71.5 Å². The van der Waals surface area contributed by atoms with Crippen molar-refractivity contribution in [1.29, 1.82) is 0 Å². The number of benzene rings is 1. The highest BCUT2D eigenvalue weighted by atomic mass is 35.5. The van der Waals surface area contributed by atoms with Gasteiger partial charge in [0, 0.05) is 29.7 Å². The number of hydrogen-bond acceptors (Lipinski definition) is 4. The molecule has 30 heavy (non-hydrogen) atoms. The van der Waals surface area contributed by atoms with Gasteiger partial charge in [0.2, 0.25) is 11.8 Å². The molecule has 0 saturated heterocycles. The third kappa shape index (κ3) is 5.24. The lowest BCUT2D eigenvalue weighted by Crippen LogP contribution is -2.47.